The Morgan fingerprint density at radius 3 is 2.72 bits per heavy atom. The van der Waals surface area contributed by atoms with E-state index in [9.17, 15) is 0 Å². The lowest BCUT2D eigenvalue weighted by molar-refractivity contribution is 0.417. The van der Waals surface area contributed by atoms with Crippen LogP contribution < -0.4 is 11.3 Å². The number of hydrogen-bond acceptors (Lipinski definition) is 3. The van der Waals surface area contributed by atoms with Gasteiger partial charge in [0, 0.05) is 18.7 Å². The minimum absolute atomic E-state index is 0.377. The molecular formula is C14H26N4. The maximum atomic E-state index is 5.63. The number of aromatic nitrogens is 2. The molecule has 18 heavy (non-hydrogen) atoms. The summed E-state index contributed by atoms with van der Waals surface area (Å²) in [6.07, 6.45) is 9.27. The van der Waals surface area contributed by atoms with Crippen molar-refractivity contribution in [3.63, 3.8) is 0 Å². The van der Waals surface area contributed by atoms with Crippen LogP contribution in [0.1, 0.15) is 57.7 Å². The van der Waals surface area contributed by atoms with E-state index in [1.165, 1.54) is 19.3 Å². The van der Waals surface area contributed by atoms with Gasteiger partial charge in [-0.1, -0.05) is 26.7 Å². The van der Waals surface area contributed by atoms with E-state index in [-0.39, 0.29) is 0 Å². The minimum atomic E-state index is 0.377. The van der Waals surface area contributed by atoms with E-state index in [0.29, 0.717) is 12.1 Å². The van der Waals surface area contributed by atoms with Gasteiger partial charge in [0.15, 0.2) is 0 Å². The number of nitrogens with two attached hydrogens (primary N) is 1. The molecular weight excluding hydrogens is 224 g/mol. The van der Waals surface area contributed by atoms with Crippen molar-refractivity contribution in [3.05, 3.63) is 18.0 Å². The van der Waals surface area contributed by atoms with Crippen molar-refractivity contribution in [3.8, 4) is 0 Å². The van der Waals surface area contributed by atoms with Gasteiger partial charge in [-0.05, 0) is 31.2 Å². The first-order valence-electron chi connectivity index (χ1n) is 7.26. The predicted molar refractivity (Wildman–Crippen MR) is 74.0 cm³/mol. The number of nitrogens with one attached hydrogen (secondary N) is 1. The van der Waals surface area contributed by atoms with E-state index >= 15 is 0 Å². The fraction of sp³-hybridized carbons (Fsp3) is 0.786. The molecule has 3 N–H and O–H groups in total. The van der Waals surface area contributed by atoms with Crippen LogP contribution in [-0.2, 0) is 6.42 Å². The summed E-state index contributed by atoms with van der Waals surface area (Å²) in [6, 6.07) is 3.05. The summed E-state index contributed by atoms with van der Waals surface area (Å²) in [5, 5.41) is 4.69. The predicted octanol–water partition coefficient (Wildman–Crippen LogP) is 2.42. The Morgan fingerprint density at radius 1 is 1.44 bits per heavy atom. The molecule has 1 unspecified atom stereocenters. The molecule has 4 heteroatoms. The van der Waals surface area contributed by atoms with Crippen LogP contribution in [0.4, 0.5) is 0 Å². The molecule has 1 atom stereocenters. The van der Waals surface area contributed by atoms with Gasteiger partial charge in [-0.25, -0.2) is 0 Å². The van der Waals surface area contributed by atoms with E-state index < -0.39 is 0 Å². The molecule has 1 aliphatic carbocycles. The summed E-state index contributed by atoms with van der Waals surface area (Å²) in [7, 11) is 0. The Kier molecular flexibility index (Phi) is 4.78. The van der Waals surface area contributed by atoms with Crippen molar-refractivity contribution < 1.29 is 0 Å². The highest BCUT2D eigenvalue weighted by molar-refractivity contribution is 5.02. The quantitative estimate of drug-likeness (QED) is 0.550. The first kappa shape index (κ1) is 13.6. The average molecular weight is 250 g/mol. The lowest BCUT2D eigenvalue weighted by Crippen LogP contribution is -2.37. The van der Waals surface area contributed by atoms with Gasteiger partial charge in [0.05, 0.1) is 11.7 Å². The topological polar surface area (TPSA) is 55.9 Å². The molecule has 0 spiro atoms. The van der Waals surface area contributed by atoms with Gasteiger partial charge in [-0.15, -0.1) is 0 Å². The van der Waals surface area contributed by atoms with Gasteiger partial charge in [0.25, 0.3) is 0 Å². The van der Waals surface area contributed by atoms with E-state index in [1.54, 1.807) is 0 Å². The van der Waals surface area contributed by atoms with Gasteiger partial charge in [-0.3, -0.25) is 16.0 Å². The van der Waals surface area contributed by atoms with Crippen molar-refractivity contribution in [2.75, 3.05) is 0 Å². The zero-order valence-electron chi connectivity index (χ0n) is 11.6. The van der Waals surface area contributed by atoms with Crippen LogP contribution in [-0.4, -0.2) is 15.8 Å². The molecule has 0 bridgehead atoms. The summed E-state index contributed by atoms with van der Waals surface area (Å²) >= 11 is 0. The maximum Gasteiger partial charge on any atom is 0.0640 e. The third kappa shape index (κ3) is 3.56. The van der Waals surface area contributed by atoms with Crippen molar-refractivity contribution in [1.82, 2.24) is 15.2 Å². The Morgan fingerprint density at radius 2 is 2.17 bits per heavy atom. The number of rotatable bonds is 8. The molecule has 0 saturated heterocycles. The Hall–Kier alpha value is -0.870. The smallest absolute Gasteiger partial charge is 0.0640 e. The summed E-state index contributed by atoms with van der Waals surface area (Å²) < 4.78 is 2.11. The molecule has 2 rings (SSSR count). The van der Waals surface area contributed by atoms with E-state index in [2.05, 4.69) is 41.3 Å². The highest BCUT2D eigenvalue weighted by Crippen LogP contribution is 2.33. The maximum absolute atomic E-state index is 5.63. The summed E-state index contributed by atoms with van der Waals surface area (Å²) in [5.74, 6) is 6.53. The van der Waals surface area contributed by atoms with Gasteiger partial charge >= 0.3 is 0 Å². The molecule has 1 aromatic heterocycles. The molecule has 102 valence electrons. The molecule has 1 saturated carbocycles. The standard InChI is InChI=1S/C14H26N4/c1-3-14(4-2)18-8-7-12(17-18)10-13(16-15)9-11-5-6-11/h7-8,11,13-14,16H,3-6,9-10,15H2,1-2H3. The van der Waals surface area contributed by atoms with Crippen LogP contribution >= 0.6 is 0 Å². The Labute approximate surface area is 110 Å². The van der Waals surface area contributed by atoms with Crippen molar-refractivity contribution in [2.45, 2.75) is 64.5 Å². The van der Waals surface area contributed by atoms with Crippen LogP contribution in [0.15, 0.2) is 12.3 Å². The second kappa shape index (κ2) is 6.34. The number of hydrazine groups is 1. The van der Waals surface area contributed by atoms with Crippen molar-refractivity contribution in [2.24, 2.45) is 11.8 Å². The highest BCUT2D eigenvalue weighted by atomic mass is 15.3. The first-order valence-corrected chi connectivity index (χ1v) is 7.26. The molecule has 1 fully saturated rings. The van der Waals surface area contributed by atoms with Gasteiger partial charge in [0.1, 0.15) is 0 Å². The van der Waals surface area contributed by atoms with Crippen LogP contribution in [0.3, 0.4) is 0 Å². The van der Waals surface area contributed by atoms with E-state index in [4.69, 9.17) is 5.84 Å². The SMILES string of the molecule is CCC(CC)n1ccc(CC(CC2CC2)NN)n1. The molecule has 0 amide bonds. The molecule has 1 aliphatic rings. The zero-order chi connectivity index (χ0) is 13.0. The van der Waals surface area contributed by atoms with Crippen LogP contribution in [0.25, 0.3) is 0 Å². The summed E-state index contributed by atoms with van der Waals surface area (Å²) in [5.41, 5.74) is 4.10. The fourth-order valence-corrected chi connectivity index (χ4v) is 2.57. The van der Waals surface area contributed by atoms with Crippen LogP contribution in [0.5, 0.6) is 0 Å². The lowest BCUT2D eigenvalue weighted by atomic mass is 10.1. The third-order valence-electron chi connectivity index (χ3n) is 3.99. The Balaban J connectivity index is 1.91. The molecule has 1 heterocycles. The van der Waals surface area contributed by atoms with Crippen molar-refractivity contribution >= 4 is 0 Å². The average Bonchev–Trinajstić information content (AvgIpc) is 3.08. The first-order chi connectivity index (χ1) is 8.76. The molecule has 0 radical (unpaired) electrons. The zero-order valence-corrected chi connectivity index (χ0v) is 11.6. The number of nitrogens with zero attached hydrogens (tertiary/aromatic N) is 2. The van der Waals surface area contributed by atoms with E-state index in [0.717, 1.165) is 30.9 Å². The van der Waals surface area contributed by atoms with Gasteiger partial charge in [0.2, 0.25) is 0 Å². The monoisotopic (exact) mass is 250 g/mol. The van der Waals surface area contributed by atoms with E-state index in [1.807, 2.05) is 0 Å². The highest BCUT2D eigenvalue weighted by Gasteiger charge is 2.25. The fourth-order valence-electron chi connectivity index (χ4n) is 2.57. The summed E-state index contributed by atoms with van der Waals surface area (Å²) in [6.45, 7) is 4.43. The molecule has 0 aliphatic heterocycles. The summed E-state index contributed by atoms with van der Waals surface area (Å²) in [4.78, 5) is 0. The second-order valence-electron chi connectivity index (χ2n) is 5.50. The molecule has 4 nitrogen and oxygen atoms in total. The molecule has 1 aromatic rings. The van der Waals surface area contributed by atoms with Crippen LogP contribution in [0.2, 0.25) is 0 Å². The number of hydrogen-bond donors (Lipinski definition) is 2. The lowest BCUT2D eigenvalue weighted by Gasteiger charge is -2.15. The van der Waals surface area contributed by atoms with Crippen LogP contribution in [0, 0.1) is 5.92 Å². The normalized spacial score (nSPS) is 17.3. The Bertz CT molecular complexity index is 352. The minimum Gasteiger partial charge on any atom is -0.271 e. The third-order valence-corrected chi connectivity index (χ3v) is 3.99. The van der Waals surface area contributed by atoms with Crippen molar-refractivity contribution in [1.29, 1.82) is 0 Å². The van der Waals surface area contributed by atoms with Gasteiger partial charge in [-0.2, -0.15) is 5.10 Å². The largest absolute Gasteiger partial charge is 0.271 e. The second-order valence-corrected chi connectivity index (χ2v) is 5.50. The van der Waals surface area contributed by atoms with Gasteiger partial charge < -0.3 is 0 Å². The molecule has 0 aromatic carbocycles.